The van der Waals surface area contributed by atoms with Crippen molar-refractivity contribution in [1.29, 1.82) is 5.26 Å². The summed E-state index contributed by atoms with van der Waals surface area (Å²) in [5.74, 6) is 2.11. The molecule has 2 aromatic carbocycles. The molecule has 7 nitrogen and oxygen atoms in total. The number of imidazole rings is 1. The molecule has 3 N–H and O–H groups in total. The Morgan fingerprint density at radius 3 is 2.65 bits per heavy atom. The number of nitrogens with one attached hydrogen (secondary N) is 1. The Hall–Kier alpha value is -3.66. The molecule has 0 amide bonds. The smallest absolute Gasteiger partial charge is 0.210 e. The Morgan fingerprint density at radius 1 is 1.15 bits per heavy atom. The summed E-state index contributed by atoms with van der Waals surface area (Å²) in [6.45, 7) is 0. The fourth-order valence-corrected chi connectivity index (χ4v) is 3.32. The number of rotatable bonds is 3. The van der Waals surface area contributed by atoms with Crippen LogP contribution in [-0.4, -0.2) is 23.8 Å². The highest BCUT2D eigenvalue weighted by Gasteiger charge is 2.31. The number of ether oxygens (including phenoxy) is 2. The Morgan fingerprint density at radius 2 is 1.92 bits per heavy atom. The maximum atomic E-state index is 9.74. The highest BCUT2D eigenvalue weighted by molar-refractivity contribution is 5.80. The molecule has 4 rings (SSSR count). The summed E-state index contributed by atoms with van der Waals surface area (Å²) in [6, 6.07) is 15.2. The van der Waals surface area contributed by atoms with E-state index in [2.05, 4.69) is 16.4 Å². The van der Waals surface area contributed by atoms with Gasteiger partial charge in [0.15, 0.2) is 11.5 Å². The number of anilines is 1. The van der Waals surface area contributed by atoms with E-state index in [0.717, 1.165) is 16.6 Å². The van der Waals surface area contributed by atoms with Gasteiger partial charge in [0, 0.05) is 0 Å². The minimum atomic E-state index is -0.413. The molecule has 7 heteroatoms. The number of aromatic nitrogens is 2. The van der Waals surface area contributed by atoms with Crippen molar-refractivity contribution >= 4 is 17.0 Å². The second-order valence-electron chi connectivity index (χ2n) is 5.88. The summed E-state index contributed by atoms with van der Waals surface area (Å²) in [5, 5.41) is 12.8. The van der Waals surface area contributed by atoms with Crippen LogP contribution in [0.15, 0.2) is 53.9 Å². The maximum Gasteiger partial charge on any atom is 0.210 e. The first-order valence-corrected chi connectivity index (χ1v) is 8.03. The lowest BCUT2D eigenvalue weighted by Crippen LogP contribution is -2.27. The fourth-order valence-electron chi connectivity index (χ4n) is 3.32. The van der Waals surface area contributed by atoms with Crippen LogP contribution in [0.25, 0.3) is 11.0 Å². The minimum absolute atomic E-state index is 0.301. The van der Waals surface area contributed by atoms with E-state index in [1.54, 1.807) is 14.2 Å². The van der Waals surface area contributed by atoms with Crippen molar-refractivity contribution < 1.29 is 9.47 Å². The van der Waals surface area contributed by atoms with Gasteiger partial charge in [-0.15, -0.1) is 0 Å². The van der Waals surface area contributed by atoms with E-state index in [-0.39, 0.29) is 0 Å². The van der Waals surface area contributed by atoms with Crippen molar-refractivity contribution in [3.63, 3.8) is 0 Å². The molecule has 26 heavy (non-hydrogen) atoms. The summed E-state index contributed by atoms with van der Waals surface area (Å²) in [4.78, 5) is 4.60. The predicted molar refractivity (Wildman–Crippen MR) is 97.9 cm³/mol. The number of nitrogens with two attached hydrogens (primary N) is 1. The van der Waals surface area contributed by atoms with E-state index in [1.807, 2.05) is 47.0 Å². The van der Waals surface area contributed by atoms with E-state index >= 15 is 0 Å². The van der Waals surface area contributed by atoms with Crippen molar-refractivity contribution in [3.8, 4) is 17.6 Å². The van der Waals surface area contributed by atoms with Gasteiger partial charge in [-0.2, -0.15) is 5.26 Å². The van der Waals surface area contributed by atoms with E-state index in [1.165, 1.54) is 0 Å². The van der Waals surface area contributed by atoms with Crippen LogP contribution in [0.2, 0.25) is 0 Å². The van der Waals surface area contributed by atoms with Crippen LogP contribution in [0.5, 0.6) is 11.5 Å². The highest BCUT2D eigenvalue weighted by atomic mass is 16.5. The third-order valence-electron chi connectivity index (χ3n) is 4.51. The second-order valence-corrected chi connectivity index (χ2v) is 5.88. The van der Waals surface area contributed by atoms with Crippen molar-refractivity contribution in [2.45, 2.75) is 6.04 Å². The fraction of sp³-hybridized carbons (Fsp3) is 0.158. The van der Waals surface area contributed by atoms with Gasteiger partial charge in [-0.25, -0.2) is 4.98 Å². The number of hydrogen-bond acceptors (Lipinski definition) is 6. The van der Waals surface area contributed by atoms with Crippen LogP contribution < -0.4 is 20.5 Å². The Kier molecular flexibility index (Phi) is 3.66. The Bertz CT molecular complexity index is 1080. The molecule has 0 radical (unpaired) electrons. The summed E-state index contributed by atoms with van der Waals surface area (Å²) in [7, 11) is 3.17. The van der Waals surface area contributed by atoms with Crippen LogP contribution in [0.1, 0.15) is 11.6 Å². The molecule has 0 saturated heterocycles. The van der Waals surface area contributed by atoms with Crippen LogP contribution in [0.3, 0.4) is 0 Å². The molecule has 1 aliphatic heterocycles. The number of para-hydroxylation sites is 2. The number of nitrogens with zero attached hydrogens (tertiary/aromatic N) is 3. The highest BCUT2D eigenvalue weighted by Crippen LogP contribution is 2.40. The van der Waals surface area contributed by atoms with Gasteiger partial charge < -0.3 is 20.5 Å². The second kappa shape index (κ2) is 6.01. The molecule has 0 bridgehead atoms. The van der Waals surface area contributed by atoms with Gasteiger partial charge >= 0.3 is 0 Å². The lowest BCUT2D eigenvalue weighted by molar-refractivity contribution is 0.354. The molecule has 1 unspecified atom stereocenters. The normalized spacial score (nSPS) is 16.0. The lowest BCUT2D eigenvalue weighted by atomic mass is 9.97. The molecule has 130 valence electrons. The van der Waals surface area contributed by atoms with E-state index in [4.69, 9.17) is 15.2 Å². The lowest BCUT2D eigenvalue weighted by Gasteiger charge is -2.28. The zero-order valence-electron chi connectivity index (χ0n) is 14.4. The van der Waals surface area contributed by atoms with Crippen LogP contribution >= 0.6 is 0 Å². The Labute approximate surface area is 150 Å². The third kappa shape index (κ3) is 2.24. The maximum absolute atomic E-state index is 9.74. The summed E-state index contributed by atoms with van der Waals surface area (Å²) < 4.78 is 12.7. The number of nitriles is 1. The summed E-state index contributed by atoms with van der Waals surface area (Å²) in [5.41, 5.74) is 9.13. The predicted octanol–water partition coefficient (Wildman–Crippen LogP) is 2.76. The first-order valence-electron chi connectivity index (χ1n) is 8.03. The topological polar surface area (TPSA) is 98.1 Å². The molecule has 1 atom stereocenters. The van der Waals surface area contributed by atoms with Crippen LogP contribution in [0.4, 0.5) is 5.95 Å². The molecular formula is C19H17N5O2. The Balaban J connectivity index is 1.99. The van der Waals surface area contributed by atoms with E-state index < -0.39 is 6.04 Å². The van der Waals surface area contributed by atoms with Crippen molar-refractivity contribution in [1.82, 2.24) is 9.55 Å². The standard InChI is InChI=1S/C19H17N5O2/c1-25-15-8-7-11(9-16(15)26-2)17-12(10-20)18(21)23-19-22-13-5-3-4-6-14(13)24(17)19/h3-9,17H,21H2,1-2H3,(H,22,23). The van der Waals surface area contributed by atoms with Crippen molar-refractivity contribution in [2.75, 3.05) is 19.5 Å². The average molecular weight is 347 g/mol. The number of hydrogen-bond donors (Lipinski definition) is 2. The molecule has 0 aliphatic carbocycles. The van der Waals surface area contributed by atoms with Crippen LogP contribution in [-0.2, 0) is 0 Å². The first-order chi connectivity index (χ1) is 12.7. The number of methoxy groups -OCH3 is 2. The monoisotopic (exact) mass is 347 g/mol. The first kappa shape index (κ1) is 15.8. The van der Waals surface area contributed by atoms with Gasteiger partial charge in [0.05, 0.1) is 30.8 Å². The number of fused-ring (bicyclic) bond motifs is 3. The van der Waals surface area contributed by atoms with Gasteiger partial charge in [-0.1, -0.05) is 18.2 Å². The largest absolute Gasteiger partial charge is 0.493 e. The van der Waals surface area contributed by atoms with E-state index in [9.17, 15) is 5.26 Å². The number of allylic oxidation sites excluding steroid dienone is 1. The minimum Gasteiger partial charge on any atom is -0.493 e. The zero-order valence-corrected chi connectivity index (χ0v) is 14.4. The van der Waals surface area contributed by atoms with Crippen molar-refractivity contribution in [2.24, 2.45) is 5.73 Å². The van der Waals surface area contributed by atoms with Gasteiger partial charge in [0.25, 0.3) is 0 Å². The van der Waals surface area contributed by atoms with Gasteiger partial charge in [0.1, 0.15) is 17.9 Å². The number of benzene rings is 2. The molecule has 0 saturated carbocycles. The third-order valence-corrected chi connectivity index (χ3v) is 4.51. The molecule has 3 aromatic rings. The molecule has 1 aliphatic rings. The zero-order chi connectivity index (χ0) is 18.3. The molecule has 1 aromatic heterocycles. The van der Waals surface area contributed by atoms with Gasteiger partial charge in [0.2, 0.25) is 5.95 Å². The van der Waals surface area contributed by atoms with E-state index in [0.29, 0.717) is 28.8 Å². The van der Waals surface area contributed by atoms with Gasteiger partial charge in [-0.3, -0.25) is 4.57 Å². The quantitative estimate of drug-likeness (QED) is 0.756. The van der Waals surface area contributed by atoms with Crippen LogP contribution in [0, 0.1) is 11.3 Å². The SMILES string of the molecule is COc1ccc(C2C(C#N)=C(N)Nc3nc4ccccc4n32)cc1OC. The summed E-state index contributed by atoms with van der Waals surface area (Å²) in [6.07, 6.45) is 0. The molecule has 0 spiro atoms. The molecule has 0 fully saturated rings. The van der Waals surface area contributed by atoms with Crippen molar-refractivity contribution in [3.05, 3.63) is 59.4 Å². The summed E-state index contributed by atoms with van der Waals surface area (Å²) >= 11 is 0. The molecule has 2 heterocycles. The van der Waals surface area contributed by atoms with Gasteiger partial charge in [-0.05, 0) is 29.8 Å². The average Bonchev–Trinajstić information content (AvgIpc) is 3.04. The molecular weight excluding hydrogens is 330 g/mol.